The highest BCUT2D eigenvalue weighted by Gasteiger charge is 2.28. The second kappa shape index (κ2) is 6.78. The number of carbonyl (C=O) groups is 2. The molecule has 0 aromatic rings. The van der Waals surface area contributed by atoms with Gasteiger partial charge in [-0.15, -0.1) is 0 Å². The van der Waals surface area contributed by atoms with Crippen LogP contribution in [0.1, 0.15) is 53.4 Å². The molecule has 1 fully saturated rings. The molecule has 0 saturated carbocycles. The molecule has 1 saturated heterocycles. The lowest BCUT2D eigenvalue weighted by Crippen LogP contribution is -2.39. The number of hydrogen-bond donors (Lipinski definition) is 0. The quantitative estimate of drug-likeness (QED) is 0.585. The van der Waals surface area contributed by atoms with Gasteiger partial charge in [0.25, 0.3) is 0 Å². The van der Waals surface area contributed by atoms with Gasteiger partial charge < -0.3 is 14.4 Å². The molecule has 0 spiro atoms. The average molecular weight is 271 g/mol. The molecule has 110 valence electrons. The van der Waals surface area contributed by atoms with Crippen LogP contribution in [0.15, 0.2) is 0 Å². The highest BCUT2D eigenvalue weighted by Crippen LogP contribution is 2.18. The molecule has 5 heteroatoms. The predicted octanol–water partition coefficient (Wildman–Crippen LogP) is 2.93. The molecule has 1 amide bonds. The van der Waals surface area contributed by atoms with Crippen LogP contribution in [0.25, 0.3) is 0 Å². The summed E-state index contributed by atoms with van der Waals surface area (Å²) in [4.78, 5) is 25.4. The zero-order valence-electron chi connectivity index (χ0n) is 12.4. The molecule has 1 rings (SSSR count). The number of esters is 1. The molecular weight excluding hydrogens is 246 g/mol. The van der Waals surface area contributed by atoms with Crippen LogP contribution >= 0.6 is 0 Å². The van der Waals surface area contributed by atoms with Crippen LogP contribution in [0.2, 0.25) is 0 Å². The number of likely N-dealkylation sites (tertiary alicyclic amines) is 1. The second-order valence-electron chi connectivity index (χ2n) is 5.92. The first kappa shape index (κ1) is 15.8. The summed E-state index contributed by atoms with van der Waals surface area (Å²) in [7, 11) is 0. The van der Waals surface area contributed by atoms with Gasteiger partial charge in [-0.1, -0.05) is 6.92 Å². The van der Waals surface area contributed by atoms with Crippen molar-refractivity contribution in [3.05, 3.63) is 0 Å². The van der Waals surface area contributed by atoms with Gasteiger partial charge in [-0.05, 0) is 40.0 Å². The summed E-state index contributed by atoms with van der Waals surface area (Å²) in [5.41, 5.74) is -0.592. The Hall–Kier alpha value is -1.26. The van der Waals surface area contributed by atoms with E-state index in [2.05, 4.69) is 0 Å². The highest BCUT2D eigenvalue weighted by atomic mass is 16.7. The Morgan fingerprint density at radius 1 is 1.11 bits per heavy atom. The Labute approximate surface area is 115 Å². The summed E-state index contributed by atoms with van der Waals surface area (Å²) < 4.78 is 10.5. The van der Waals surface area contributed by atoms with E-state index in [1.165, 1.54) is 0 Å². The van der Waals surface area contributed by atoms with Crippen molar-refractivity contribution in [2.45, 2.75) is 59.7 Å². The molecule has 1 unspecified atom stereocenters. The van der Waals surface area contributed by atoms with Crippen LogP contribution in [-0.2, 0) is 14.3 Å². The molecule has 0 N–H and O–H groups in total. The van der Waals surface area contributed by atoms with Gasteiger partial charge in [-0.2, -0.15) is 0 Å². The SMILES string of the molecule is CCC(OC(=O)N1CCCCC1)OC(=O)C(C)(C)C. The third-order valence-corrected chi connectivity index (χ3v) is 3.03. The lowest BCUT2D eigenvalue weighted by molar-refractivity contribution is -0.179. The minimum absolute atomic E-state index is 0.356. The van der Waals surface area contributed by atoms with E-state index >= 15 is 0 Å². The maximum Gasteiger partial charge on any atom is 0.412 e. The van der Waals surface area contributed by atoms with Crippen molar-refractivity contribution in [2.75, 3.05) is 13.1 Å². The van der Waals surface area contributed by atoms with Gasteiger partial charge in [-0.25, -0.2) is 4.79 Å². The summed E-state index contributed by atoms with van der Waals surface area (Å²) in [5, 5.41) is 0. The predicted molar refractivity (Wildman–Crippen MR) is 71.5 cm³/mol. The Balaban J connectivity index is 2.47. The Bertz CT molecular complexity index is 316. The van der Waals surface area contributed by atoms with Crippen molar-refractivity contribution in [2.24, 2.45) is 5.41 Å². The Morgan fingerprint density at radius 2 is 1.68 bits per heavy atom. The van der Waals surface area contributed by atoms with Gasteiger partial charge >= 0.3 is 12.1 Å². The van der Waals surface area contributed by atoms with E-state index in [1.807, 2.05) is 6.92 Å². The molecule has 1 aliphatic rings. The minimum atomic E-state index is -0.791. The topological polar surface area (TPSA) is 55.8 Å². The smallest absolute Gasteiger partial charge is 0.412 e. The van der Waals surface area contributed by atoms with Crippen LogP contribution in [0, 0.1) is 5.41 Å². The van der Waals surface area contributed by atoms with Crippen molar-refractivity contribution in [3.8, 4) is 0 Å². The van der Waals surface area contributed by atoms with Crippen molar-refractivity contribution >= 4 is 12.1 Å². The average Bonchev–Trinajstić information content (AvgIpc) is 2.37. The van der Waals surface area contributed by atoms with E-state index in [0.29, 0.717) is 6.42 Å². The van der Waals surface area contributed by atoms with Gasteiger partial charge in [0.15, 0.2) is 0 Å². The van der Waals surface area contributed by atoms with E-state index < -0.39 is 11.7 Å². The van der Waals surface area contributed by atoms with Gasteiger partial charge in [0.05, 0.1) is 5.41 Å². The number of ether oxygens (including phenoxy) is 2. The monoisotopic (exact) mass is 271 g/mol. The molecule has 19 heavy (non-hydrogen) atoms. The second-order valence-corrected chi connectivity index (χ2v) is 5.92. The van der Waals surface area contributed by atoms with Crippen LogP contribution in [-0.4, -0.2) is 36.3 Å². The maximum atomic E-state index is 11.9. The van der Waals surface area contributed by atoms with Crippen molar-refractivity contribution in [1.82, 2.24) is 4.90 Å². The van der Waals surface area contributed by atoms with E-state index in [0.717, 1.165) is 32.4 Å². The fourth-order valence-corrected chi connectivity index (χ4v) is 1.75. The fourth-order valence-electron chi connectivity index (χ4n) is 1.75. The molecular formula is C14H25NO4. The van der Waals surface area contributed by atoms with Crippen LogP contribution < -0.4 is 0 Å². The number of rotatable bonds is 3. The zero-order chi connectivity index (χ0) is 14.5. The summed E-state index contributed by atoms with van der Waals surface area (Å²) in [6.45, 7) is 8.59. The number of hydrogen-bond acceptors (Lipinski definition) is 4. The van der Waals surface area contributed by atoms with Crippen LogP contribution in [0.3, 0.4) is 0 Å². The molecule has 0 radical (unpaired) electrons. The summed E-state index contributed by atoms with van der Waals surface area (Å²) >= 11 is 0. The minimum Gasteiger partial charge on any atom is -0.425 e. The number of nitrogens with zero attached hydrogens (tertiary/aromatic N) is 1. The third-order valence-electron chi connectivity index (χ3n) is 3.03. The first-order chi connectivity index (χ1) is 8.84. The van der Waals surface area contributed by atoms with Crippen molar-refractivity contribution < 1.29 is 19.1 Å². The maximum absolute atomic E-state index is 11.9. The number of amides is 1. The number of carbonyl (C=O) groups excluding carboxylic acids is 2. The van der Waals surface area contributed by atoms with Gasteiger partial charge in [-0.3, -0.25) is 4.79 Å². The molecule has 1 atom stereocenters. The van der Waals surface area contributed by atoms with Gasteiger partial charge in [0.1, 0.15) is 0 Å². The lowest BCUT2D eigenvalue weighted by atomic mass is 9.97. The first-order valence-corrected chi connectivity index (χ1v) is 7.01. The number of piperidine rings is 1. The van der Waals surface area contributed by atoms with E-state index in [-0.39, 0.29) is 12.1 Å². The highest BCUT2D eigenvalue weighted by molar-refractivity contribution is 5.75. The molecule has 1 aliphatic heterocycles. The summed E-state index contributed by atoms with van der Waals surface area (Å²) in [6.07, 6.45) is 2.46. The fraction of sp³-hybridized carbons (Fsp3) is 0.857. The Kier molecular flexibility index (Phi) is 5.63. The standard InChI is InChI=1S/C14H25NO4/c1-5-11(18-12(16)14(2,3)4)19-13(17)15-9-7-6-8-10-15/h11H,5-10H2,1-4H3. The lowest BCUT2D eigenvalue weighted by Gasteiger charge is -2.28. The molecule has 1 heterocycles. The molecule has 0 aliphatic carbocycles. The van der Waals surface area contributed by atoms with E-state index in [9.17, 15) is 9.59 Å². The molecule has 5 nitrogen and oxygen atoms in total. The zero-order valence-corrected chi connectivity index (χ0v) is 12.4. The Morgan fingerprint density at radius 3 is 2.16 bits per heavy atom. The van der Waals surface area contributed by atoms with Crippen LogP contribution in [0.4, 0.5) is 4.79 Å². The third kappa shape index (κ3) is 5.09. The molecule has 0 aromatic heterocycles. The van der Waals surface area contributed by atoms with Crippen LogP contribution in [0.5, 0.6) is 0 Å². The van der Waals surface area contributed by atoms with E-state index in [1.54, 1.807) is 25.7 Å². The van der Waals surface area contributed by atoms with E-state index in [4.69, 9.17) is 9.47 Å². The summed E-state index contributed by atoms with van der Waals surface area (Å²) in [5.74, 6) is -0.356. The normalized spacial score (nSPS) is 17.8. The molecule has 0 aromatic carbocycles. The first-order valence-electron chi connectivity index (χ1n) is 7.01. The van der Waals surface area contributed by atoms with Crippen molar-refractivity contribution in [3.63, 3.8) is 0 Å². The molecule has 0 bridgehead atoms. The summed E-state index contributed by atoms with van der Waals surface area (Å²) in [6, 6.07) is 0. The largest absolute Gasteiger partial charge is 0.425 e. The van der Waals surface area contributed by atoms with Crippen molar-refractivity contribution in [1.29, 1.82) is 0 Å². The van der Waals surface area contributed by atoms with Gasteiger partial charge in [0.2, 0.25) is 6.29 Å². The van der Waals surface area contributed by atoms with Gasteiger partial charge in [0, 0.05) is 19.5 Å².